The SMILES string of the molecule is O=C(OCC(O)COc1ccccc1)c1ccc(C(=O)OCC(O)COc2ccccc2)cc1. The van der Waals surface area contributed by atoms with Gasteiger partial charge in [-0.25, -0.2) is 9.59 Å². The van der Waals surface area contributed by atoms with Crippen LogP contribution in [0.3, 0.4) is 0 Å². The Balaban J connectivity index is 1.37. The van der Waals surface area contributed by atoms with Crippen molar-refractivity contribution in [2.45, 2.75) is 12.2 Å². The molecule has 0 saturated heterocycles. The number of aliphatic hydroxyl groups excluding tert-OH is 2. The Morgan fingerprint density at radius 3 is 1.26 bits per heavy atom. The Labute approximate surface area is 197 Å². The summed E-state index contributed by atoms with van der Waals surface area (Å²) in [4.78, 5) is 24.3. The zero-order valence-corrected chi connectivity index (χ0v) is 18.4. The zero-order valence-electron chi connectivity index (χ0n) is 18.4. The molecule has 0 saturated carbocycles. The lowest BCUT2D eigenvalue weighted by atomic mass is 10.1. The van der Waals surface area contributed by atoms with Crippen molar-refractivity contribution >= 4 is 11.9 Å². The van der Waals surface area contributed by atoms with Gasteiger partial charge in [0.15, 0.2) is 0 Å². The summed E-state index contributed by atoms with van der Waals surface area (Å²) in [6, 6.07) is 23.6. The van der Waals surface area contributed by atoms with Gasteiger partial charge < -0.3 is 29.2 Å². The van der Waals surface area contributed by atoms with Gasteiger partial charge in [-0.1, -0.05) is 36.4 Å². The van der Waals surface area contributed by atoms with E-state index in [9.17, 15) is 19.8 Å². The van der Waals surface area contributed by atoms with E-state index in [-0.39, 0.29) is 37.6 Å². The summed E-state index contributed by atoms with van der Waals surface area (Å²) in [7, 11) is 0. The van der Waals surface area contributed by atoms with Crippen LogP contribution in [0.1, 0.15) is 20.7 Å². The Morgan fingerprint density at radius 1 is 0.559 bits per heavy atom. The van der Waals surface area contributed by atoms with Crippen LogP contribution < -0.4 is 9.47 Å². The van der Waals surface area contributed by atoms with Gasteiger partial charge in [-0.3, -0.25) is 0 Å². The fourth-order valence-corrected chi connectivity index (χ4v) is 2.77. The summed E-state index contributed by atoms with van der Waals surface area (Å²) < 4.78 is 21.0. The topological polar surface area (TPSA) is 112 Å². The lowest BCUT2D eigenvalue weighted by Gasteiger charge is -2.13. The van der Waals surface area contributed by atoms with Gasteiger partial charge in [0.2, 0.25) is 0 Å². The molecule has 34 heavy (non-hydrogen) atoms. The molecule has 8 heteroatoms. The Bertz CT molecular complexity index is 937. The minimum absolute atomic E-state index is 0.0235. The van der Waals surface area contributed by atoms with Crippen molar-refractivity contribution < 1.29 is 38.7 Å². The van der Waals surface area contributed by atoms with Crippen LogP contribution in [0, 0.1) is 0 Å². The number of rotatable bonds is 12. The molecule has 8 nitrogen and oxygen atoms in total. The molecule has 0 aromatic heterocycles. The Kier molecular flexibility index (Phi) is 9.45. The molecule has 0 amide bonds. The fourth-order valence-electron chi connectivity index (χ4n) is 2.77. The summed E-state index contributed by atoms with van der Waals surface area (Å²) in [5.74, 6) is -0.0856. The van der Waals surface area contributed by atoms with Gasteiger partial charge in [0.25, 0.3) is 0 Å². The van der Waals surface area contributed by atoms with Crippen LogP contribution in [0.4, 0.5) is 0 Å². The van der Waals surface area contributed by atoms with Crippen molar-refractivity contribution in [3.63, 3.8) is 0 Å². The molecule has 0 aliphatic carbocycles. The molecule has 3 aromatic rings. The van der Waals surface area contributed by atoms with Crippen molar-refractivity contribution in [1.82, 2.24) is 0 Å². The van der Waals surface area contributed by atoms with Crippen LogP contribution in [-0.4, -0.2) is 60.8 Å². The fraction of sp³-hybridized carbons (Fsp3) is 0.231. The predicted octanol–water partition coefficient (Wildman–Crippen LogP) is 2.88. The predicted molar refractivity (Wildman–Crippen MR) is 123 cm³/mol. The van der Waals surface area contributed by atoms with Crippen LogP contribution in [-0.2, 0) is 9.47 Å². The number of ether oxygens (including phenoxy) is 4. The van der Waals surface area contributed by atoms with Crippen LogP contribution in [0.5, 0.6) is 11.5 Å². The van der Waals surface area contributed by atoms with E-state index >= 15 is 0 Å². The summed E-state index contributed by atoms with van der Waals surface area (Å²) in [5, 5.41) is 19.9. The number of para-hydroxylation sites is 2. The standard InChI is InChI=1S/C26H26O8/c27-21(15-31-23-7-3-1-4-8-23)17-33-25(29)19-11-13-20(14-12-19)26(30)34-18-22(28)16-32-24-9-5-2-6-10-24/h1-14,21-22,27-28H,15-18H2. The first-order valence-corrected chi connectivity index (χ1v) is 10.7. The number of benzene rings is 3. The first-order valence-electron chi connectivity index (χ1n) is 10.7. The molecule has 0 spiro atoms. The molecule has 0 aliphatic heterocycles. The lowest BCUT2D eigenvalue weighted by Crippen LogP contribution is -2.25. The van der Waals surface area contributed by atoms with Gasteiger partial charge in [0, 0.05) is 0 Å². The number of hydrogen-bond donors (Lipinski definition) is 2. The first-order chi connectivity index (χ1) is 16.5. The molecular weight excluding hydrogens is 440 g/mol. The maximum absolute atomic E-state index is 12.2. The highest BCUT2D eigenvalue weighted by atomic mass is 16.6. The Hall–Kier alpha value is -3.88. The van der Waals surface area contributed by atoms with Crippen LogP contribution in [0.2, 0.25) is 0 Å². The summed E-state index contributed by atoms with van der Waals surface area (Å²) >= 11 is 0. The van der Waals surface area contributed by atoms with Gasteiger partial charge in [-0.05, 0) is 48.5 Å². The van der Waals surface area contributed by atoms with Crippen molar-refractivity contribution in [3.8, 4) is 11.5 Å². The average Bonchev–Trinajstić information content (AvgIpc) is 2.89. The second kappa shape index (κ2) is 13.0. The van der Waals surface area contributed by atoms with Crippen LogP contribution in [0.15, 0.2) is 84.9 Å². The zero-order chi connectivity index (χ0) is 24.2. The van der Waals surface area contributed by atoms with Crippen LogP contribution in [0.25, 0.3) is 0 Å². The summed E-state index contributed by atoms with van der Waals surface area (Å²) in [5.41, 5.74) is 0.424. The molecule has 0 fully saturated rings. The maximum Gasteiger partial charge on any atom is 0.338 e. The van der Waals surface area contributed by atoms with Crippen LogP contribution >= 0.6 is 0 Å². The van der Waals surface area contributed by atoms with E-state index in [0.29, 0.717) is 11.5 Å². The van der Waals surface area contributed by atoms with Gasteiger partial charge in [-0.2, -0.15) is 0 Å². The monoisotopic (exact) mass is 466 g/mol. The Morgan fingerprint density at radius 2 is 0.912 bits per heavy atom. The lowest BCUT2D eigenvalue weighted by molar-refractivity contribution is 0.0123. The van der Waals surface area contributed by atoms with Gasteiger partial charge in [-0.15, -0.1) is 0 Å². The van der Waals surface area contributed by atoms with E-state index in [1.54, 1.807) is 24.3 Å². The van der Waals surface area contributed by atoms with Crippen molar-refractivity contribution in [2.75, 3.05) is 26.4 Å². The molecule has 2 atom stereocenters. The third-order valence-corrected chi connectivity index (χ3v) is 4.54. The second-order valence-corrected chi connectivity index (χ2v) is 7.33. The van der Waals surface area contributed by atoms with Gasteiger partial charge in [0.05, 0.1) is 11.1 Å². The molecule has 3 aromatic carbocycles. The molecule has 0 heterocycles. The quantitative estimate of drug-likeness (QED) is 0.392. The highest BCUT2D eigenvalue weighted by Crippen LogP contribution is 2.11. The van der Waals surface area contributed by atoms with E-state index in [2.05, 4.69) is 0 Å². The number of aliphatic hydroxyl groups is 2. The summed E-state index contributed by atoms with van der Waals surface area (Å²) in [6.07, 6.45) is -1.98. The van der Waals surface area contributed by atoms with E-state index in [1.807, 2.05) is 36.4 Å². The third-order valence-electron chi connectivity index (χ3n) is 4.54. The summed E-state index contributed by atoms with van der Waals surface area (Å²) in [6.45, 7) is -0.522. The molecule has 2 unspecified atom stereocenters. The molecule has 0 radical (unpaired) electrons. The molecule has 0 bridgehead atoms. The third kappa shape index (κ3) is 8.23. The molecule has 3 rings (SSSR count). The highest BCUT2D eigenvalue weighted by Gasteiger charge is 2.15. The molecular formula is C26H26O8. The number of esters is 2. The van der Waals surface area contributed by atoms with Crippen molar-refractivity contribution in [1.29, 1.82) is 0 Å². The number of carbonyl (C=O) groups excluding carboxylic acids is 2. The van der Waals surface area contributed by atoms with Gasteiger partial charge in [0.1, 0.15) is 50.1 Å². The van der Waals surface area contributed by atoms with Crippen molar-refractivity contribution in [2.24, 2.45) is 0 Å². The maximum atomic E-state index is 12.2. The largest absolute Gasteiger partial charge is 0.491 e. The smallest absolute Gasteiger partial charge is 0.338 e. The molecule has 2 N–H and O–H groups in total. The van der Waals surface area contributed by atoms with Gasteiger partial charge >= 0.3 is 11.9 Å². The van der Waals surface area contributed by atoms with E-state index in [1.165, 1.54) is 24.3 Å². The van der Waals surface area contributed by atoms with Crippen molar-refractivity contribution in [3.05, 3.63) is 96.1 Å². The van der Waals surface area contributed by atoms with E-state index < -0.39 is 24.1 Å². The highest BCUT2D eigenvalue weighted by molar-refractivity contribution is 5.93. The molecule has 178 valence electrons. The number of carbonyl (C=O) groups is 2. The molecule has 0 aliphatic rings. The minimum atomic E-state index is -0.990. The van der Waals surface area contributed by atoms with E-state index in [0.717, 1.165) is 0 Å². The van der Waals surface area contributed by atoms with E-state index in [4.69, 9.17) is 18.9 Å². The minimum Gasteiger partial charge on any atom is -0.491 e. The normalized spacial score (nSPS) is 12.3. The average molecular weight is 466 g/mol. The number of hydrogen-bond acceptors (Lipinski definition) is 8. The second-order valence-electron chi connectivity index (χ2n) is 7.33. The first kappa shape index (κ1) is 24.8.